The van der Waals surface area contributed by atoms with Gasteiger partial charge in [-0.05, 0) is 42.0 Å². The number of nitrogens with one attached hydrogen (secondary N) is 1. The van der Waals surface area contributed by atoms with E-state index in [-0.39, 0.29) is 12.1 Å². The SMILES string of the molecule is CC(C)CCn1c(=O)c2sccc2n(CC(=O)Nc2cccc(F)c2)c1=O. The van der Waals surface area contributed by atoms with Crippen molar-refractivity contribution in [2.45, 2.75) is 33.4 Å². The van der Waals surface area contributed by atoms with Crippen molar-refractivity contribution in [1.29, 1.82) is 0 Å². The molecule has 0 radical (unpaired) electrons. The van der Waals surface area contributed by atoms with Crippen LogP contribution in [0.3, 0.4) is 0 Å². The summed E-state index contributed by atoms with van der Waals surface area (Å²) in [6.45, 7) is 4.07. The van der Waals surface area contributed by atoms with Crippen molar-refractivity contribution in [3.8, 4) is 0 Å². The Morgan fingerprint density at radius 2 is 2.00 bits per heavy atom. The Morgan fingerprint density at radius 3 is 2.70 bits per heavy atom. The third-order valence-corrected chi connectivity index (χ3v) is 5.07. The summed E-state index contributed by atoms with van der Waals surface area (Å²) in [4.78, 5) is 37.9. The number of amides is 1. The molecule has 0 saturated carbocycles. The zero-order valence-electron chi connectivity index (χ0n) is 15.1. The van der Waals surface area contributed by atoms with Gasteiger partial charge in [0.2, 0.25) is 5.91 Å². The van der Waals surface area contributed by atoms with Crippen LogP contribution in [0.15, 0.2) is 45.3 Å². The maximum absolute atomic E-state index is 13.3. The topological polar surface area (TPSA) is 73.1 Å². The number of rotatable bonds is 6. The molecule has 1 aromatic carbocycles. The highest BCUT2D eigenvalue weighted by molar-refractivity contribution is 7.17. The van der Waals surface area contributed by atoms with Crippen molar-refractivity contribution in [2.24, 2.45) is 5.92 Å². The first-order valence-electron chi connectivity index (χ1n) is 8.63. The van der Waals surface area contributed by atoms with E-state index in [1.54, 1.807) is 17.5 Å². The number of hydrogen-bond donors (Lipinski definition) is 1. The van der Waals surface area contributed by atoms with Gasteiger partial charge in [-0.15, -0.1) is 11.3 Å². The molecule has 0 aliphatic carbocycles. The molecule has 27 heavy (non-hydrogen) atoms. The highest BCUT2D eigenvalue weighted by Gasteiger charge is 2.16. The van der Waals surface area contributed by atoms with E-state index in [1.807, 2.05) is 13.8 Å². The molecule has 0 spiro atoms. The molecule has 1 amide bonds. The lowest BCUT2D eigenvalue weighted by molar-refractivity contribution is -0.116. The molecule has 0 saturated heterocycles. The fourth-order valence-corrected chi connectivity index (χ4v) is 3.62. The number of carbonyl (C=O) groups excluding carboxylic acids is 1. The van der Waals surface area contributed by atoms with Crippen LogP contribution in [0, 0.1) is 11.7 Å². The van der Waals surface area contributed by atoms with Crippen LogP contribution in [0.5, 0.6) is 0 Å². The zero-order valence-corrected chi connectivity index (χ0v) is 15.9. The Labute approximate surface area is 158 Å². The van der Waals surface area contributed by atoms with Gasteiger partial charge in [-0.3, -0.25) is 18.7 Å². The second kappa shape index (κ2) is 7.87. The number of hydrogen-bond acceptors (Lipinski definition) is 4. The molecule has 6 nitrogen and oxygen atoms in total. The molecule has 8 heteroatoms. The number of anilines is 1. The average molecular weight is 389 g/mol. The molecule has 0 bridgehead atoms. The standard InChI is InChI=1S/C19H20FN3O3S/c1-12(2)6-8-22-18(25)17-15(7-9-27-17)23(19(22)26)11-16(24)21-14-5-3-4-13(20)10-14/h3-5,7,9-10,12H,6,8,11H2,1-2H3,(H,21,24). The van der Waals surface area contributed by atoms with E-state index in [4.69, 9.17) is 0 Å². The Morgan fingerprint density at radius 1 is 1.22 bits per heavy atom. The van der Waals surface area contributed by atoms with E-state index in [0.29, 0.717) is 34.8 Å². The van der Waals surface area contributed by atoms with Crippen LogP contribution in [0.25, 0.3) is 10.2 Å². The number of carbonyl (C=O) groups is 1. The quantitative estimate of drug-likeness (QED) is 0.704. The smallest absolute Gasteiger partial charge is 0.324 e. The zero-order chi connectivity index (χ0) is 19.6. The Hall–Kier alpha value is -2.74. The predicted molar refractivity (Wildman–Crippen MR) is 105 cm³/mol. The molecule has 1 N–H and O–H groups in total. The van der Waals surface area contributed by atoms with Gasteiger partial charge in [-0.1, -0.05) is 19.9 Å². The van der Waals surface area contributed by atoms with Gasteiger partial charge in [0.1, 0.15) is 17.1 Å². The van der Waals surface area contributed by atoms with Crippen LogP contribution in [0.4, 0.5) is 10.1 Å². The van der Waals surface area contributed by atoms with E-state index < -0.39 is 17.4 Å². The summed E-state index contributed by atoms with van der Waals surface area (Å²) in [5.74, 6) is -0.600. The molecule has 0 aliphatic heterocycles. The van der Waals surface area contributed by atoms with Crippen LogP contribution in [-0.4, -0.2) is 15.0 Å². The van der Waals surface area contributed by atoms with Crippen molar-refractivity contribution >= 4 is 33.1 Å². The lowest BCUT2D eigenvalue weighted by Gasteiger charge is -2.13. The minimum Gasteiger partial charge on any atom is -0.324 e. The van der Waals surface area contributed by atoms with Crippen LogP contribution in [-0.2, 0) is 17.9 Å². The van der Waals surface area contributed by atoms with Crippen LogP contribution in [0.1, 0.15) is 20.3 Å². The van der Waals surface area contributed by atoms with Crippen LogP contribution in [0.2, 0.25) is 0 Å². The van der Waals surface area contributed by atoms with Crippen molar-refractivity contribution in [1.82, 2.24) is 9.13 Å². The summed E-state index contributed by atoms with van der Waals surface area (Å²) in [5.41, 5.74) is -0.0960. The normalized spacial score (nSPS) is 11.3. The molecule has 0 fully saturated rings. The lowest BCUT2D eigenvalue weighted by Crippen LogP contribution is -2.41. The summed E-state index contributed by atoms with van der Waals surface area (Å²) in [6, 6.07) is 7.18. The average Bonchev–Trinajstić information content (AvgIpc) is 3.08. The summed E-state index contributed by atoms with van der Waals surface area (Å²) >= 11 is 1.24. The predicted octanol–water partition coefficient (Wildman–Crippen LogP) is 3.05. The van der Waals surface area contributed by atoms with E-state index in [9.17, 15) is 18.8 Å². The lowest BCUT2D eigenvalue weighted by atomic mass is 10.1. The van der Waals surface area contributed by atoms with E-state index in [1.165, 1.54) is 38.7 Å². The Bertz CT molecular complexity index is 1100. The Balaban J connectivity index is 1.95. The first-order chi connectivity index (χ1) is 12.9. The van der Waals surface area contributed by atoms with Gasteiger partial charge in [-0.25, -0.2) is 9.18 Å². The van der Waals surface area contributed by atoms with E-state index in [0.717, 1.165) is 0 Å². The largest absolute Gasteiger partial charge is 0.332 e. The maximum atomic E-state index is 13.3. The van der Waals surface area contributed by atoms with Crippen molar-refractivity contribution in [2.75, 3.05) is 5.32 Å². The fraction of sp³-hybridized carbons (Fsp3) is 0.316. The van der Waals surface area contributed by atoms with Crippen LogP contribution < -0.4 is 16.6 Å². The second-order valence-electron chi connectivity index (χ2n) is 6.70. The van der Waals surface area contributed by atoms with Gasteiger partial charge in [-0.2, -0.15) is 0 Å². The fourth-order valence-electron chi connectivity index (χ4n) is 2.78. The number of halogens is 1. The molecular formula is C19H20FN3O3S. The van der Waals surface area contributed by atoms with Gasteiger partial charge < -0.3 is 5.32 Å². The highest BCUT2D eigenvalue weighted by atomic mass is 32.1. The third kappa shape index (κ3) is 4.16. The molecule has 3 aromatic rings. The first-order valence-corrected chi connectivity index (χ1v) is 9.51. The van der Waals surface area contributed by atoms with Gasteiger partial charge in [0.15, 0.2) is 0 Å². The first kappa shape index (κ1) is 19.0. The van der Waals surface area contributed by atoms with Crippen LogP contribution >= 0.6 is 11.3 Å². The summed E-state index contributed by atoms with van der Waals surface area (Å²) in [5, 5.41) is 4.30. The molecule has 0 atom stereocenters. The molecule has 0 unspecified atom stereocenters. The maximum Gasteiger partial charge on any atom is 0.332 e. The third-order valence-electron chi connectivity index (χ3n) is 4.18. The van der Waals surface area contributed by atoms with Crippen molar-refractivity contribution in [3.63, 3.8) is 0 Å². The number of thiophene rings is 1. The molecule has 0 aliphatic rings. The van der Waals surface area contributed by atoms with Gasteiger partial charge in [0.05, 0.1) is 5.52 Å². The minimum absolute atomic E-state index is 0.259. The summed E-state index contributed by atoms with van der Waals surface area (Å²) in [6.07, 6.45) is 0.682. The van der Waals surface area contributed by atoms with Gasteiger partial charge >= 0.3 is 5.69 Å². The number of nitrogens with zero attached hydrogens (tertiary/aromatic N) is 2. The molecular weight excluding hydrogens is 369 g/mol. The monoisotopic (exact) mass is 389 g/mol. The minimum atomic E-state index is -0.513. The number of benzene rings is 1. The summed E-state index contributed by atoms with van der Waals surface area (Å²) in [7, 11) is 0. The number of fused-ring (bicyclic) bond motifs is 1. The molecule has 2 aromatic heterocycles. The van der Waals surface area contributed by atoms with Crippen molar-refractivity contribution in [3.05, 3.63) is 62.4 Å². The molecule has 3 rings (SSSR count). The van der Waals surface area contributed by atoms with Gasteiger partial charge in [0, 0.05) is 12.2 Å². The van der Waals surface area contributed by atoms with Crippen molar-refractivity contribution < 1.29 is 9.18 Å². The van der Waals surface area contributed by atoms with E-state index in [2.05, 4.69) is 5.32 Å². The summed E-state index contributed by atoms with van der Waals surface area (Å²) < 4.78 is 16.2. The highest BCUT2D eigenvalue weighted by Crippen LogP contribution is 2.16. The van der Waals surface area contributed by atoms with Gasteiger partial charge in [0.25, 0.3) is 5.56 Å². The second-order valence-corrected chi connectivity index (χ2v) is 7.62. The molecule has 2 heterocycles. The van der Waals surface area contributed by atoms with E-state index >= 15 is 0 Å². The molecule has 142 valence electrons. The number of aromatic nitrogens is 2. The Kier molecular flexibility index (Phi) is 5.55.